The van der Waals surface area contributed by atoms with Crippen molar-refractivity contribution in [2.45, 2.75) is 45.6 Å². The summed E-state index contributed by atoms with van der Waals surface area (Å²) >= 11 is 0. The highest BCUT2D eigenvalue weighted by Gasteiger charge is 2.33. The van der Waals surface area contributed by atoms with Gasteiger partial charge < -0.3 is 15.0 Å². The van der Waals surface area contributed by atoms with E-state index in [1.807, 2.05) is 12.1 Å². The van der Waals surface area contributed by atoms with Gasteiger partial charge in [-0.1, -0.05) is 35.0 Å². The van der Waals surface area contributed by atoms with Crippen LogP contribution in [0.15, 0.2) is 48.8 Å². The molecule has 2 aromatic heterocycles. The van der Waals surface area contributed by atoms with Crippen LogP contribution in [0.2, 0.25) is 0 Å². The predicted molar refractivity (Wildman–Crippen MR) is 123 cm³/mol. The van der Waals surface area contributed by atoms with E-state index in [0.717, 1.165) is 11.1 Å². The zero-order valence-electron chi connectivity index (χ0n) is 19.2. The summed E-state index contributed by atoms with van der Waals surface area (Å²) < 4.78 is 7.83. The molecule has 2 amide bonds. The number of aromatic nitrogens is 4. The lowest BCUT2D eigenvalue weighted by molar-refractivity contribution is -0.126. The molecule has 0 bridgehead atoms. The molecular weight excluding hydrogens is 432 g/mol. The third-order valence-electron chi connectivity index (χ3n) is 6.62. The molecule has 34 heavy (non-hydrogen) atoms. The zero-order chi connectivity index (χ0) is 23.5. The molecule has 4 heterocycles. The lowest BCUT2D eigenvalue weighted by Gasteiger charge is -2.31. The monoisotopic (exact) mass is 460 g/mol. The Labute approximate surface area is 198 Å². The van der Waals surface area contributed by atoms with E-state index in [2.05, 4.69) is 51.8 Å². The minimum Gasteiger partial charge on any atom is -0.365 e. The van der Waals surface area contributed by atoms with Crippen LogP contribution in [0.1, 0.15) is 51.8 Å². The number of ether oxygens (including phenoxy) is 1. The van der Waals surface area contributed by atoms with E-state index in [0.29, 0.717) is 57.0 Å². The second kappa shape index (κ2) is 9.72. The smallest absolute Gasteiger partial charge is 0.276 e. The van der Waals surface area contributed by atoms with Gasteiger partial charge in [0.1, 0.15) is 6.10 Å². The van der Waals surface area contributed by atoms with Crippen molar-refractivity contribution >= 4 is 11.8 Å². The Morgan fingerprint density at radius 3 is 2.56 bits per heavy atom. The highest BCUT2D eigenvalue weighted by molar-refractivity contribution is 5.93. The molecule has 0 spiro atoms. The molecule has 1 N–H and O–H groups in total. The Kier molecular flexibility index (Phi) is 6.35. The molecule has 0 saturated carbocycles. The maximum Gasteiger partial charge on any atom is 0.276 e. The first-order valence-electron chi connectivity index (χ1n) is 11.6. The van der Waals surface area contributed by atoms with Gasteiger partial charge in [-0.2, -0.15) is 0 Å². The van der Waals surface area contributed by atoms with Crippen molar-refractivity contribution in [1.29, 1.82) is 0 Å². The van der Waals surface area contributed by atoms with Crippen molar-refractivity contribution < 1.29 is 14.3 Å². The topological polar surface area (TPSA) is 102 Å². The predicted octanol–water partition coefficient (Wildman–Crippen LogP) is 2.42. The first-order chi connectivity index (χ1) is 16.6. The SMILES string of the molecule is Cc1ccc([C@H]2Cn3nnc(C(=O)N4CCC(C(=O)NCc5ccncc5)CC4)c3CO2)cc1. The number of hydrogen-bond donors (Lipinski definition) is 1. The van der Waals surface area contributed by atoms with Gasteiger partial charge in [-0.05, 0) is 43.0 Å². The van der Waals surface area contributed by atoms with Gasteiger partial charge in [0.2, 0.25) is 5.91 Å². The fraction of sp³-hybridized carbons (Fsp3) is 0.400. The van der Waals surface area contributed by atoms with Crippen molar-refractivity contribution in [3.63, 3.8) is 0 Å². The van der Waals surface area contributed by atoms with Crippen molar-refractivity contribution in [1.82, 2.24) is 30.2 Å². The molecule has 1 aromatic carbocycles. The summed E-state index contributed by atoms with van der Waals surface area (Å²) in [6.07, 6.45) is 4.57. The summed E-state index contributed by atoms with van der Waals surface area (Å²) in [4.78, 5) is 31.5. The number of rotatable bonds is 5. The normalized spacial score (nSPS) is 18.4. The molecule has 0 unspecified atom stereocenters. The summed E-state index contributed by atoms with van der Waals surface area (Å²) in [7, 11) is 0. The Bertz CT molecular complexity index is 1150. The van der Waals surface area contributed by atoms with Crippen LogP contribution in [0.25, 0.3) is 0 Å². The van der Waals surface area contributed by atoms with Crippen LogP contribution in [-0.2, 0) is 29.2 Å². The second-order valence-corrected chi connectivity index (χ2v) is 8.92. The molecule has 2 aliphatic rings. The molecule has 1 atom stereocenters. The van der Waals surface area contributed by atoms with E-state index in [-0.39, 0.29) is 23.8 Å². The van der Waals surface area contributed by atoms with Crippen molar-refractivity contribution in [2.75, 3.05) is 13.1 Å². The van der Waals surface area contributed by atoms with Crippen LogP contribution in [0.4, 0.5) is 0 Å². The number of pyridine rings is 1. The van der Waals surface area contributed by atoms with Crippen LogP contribution in [0.3, 0.4) is 0 Å². The number of nitrogens with one attached hydrogen (secondary N) is 1. The highest BCUT2D eigenvalue weighted by atomic mass is 16.5. The molecule has 1 saturated heterocycles. The van der Waals surface area contributed by atoms with E-state index in [4.69, 9.17) is 4.74 Å². The summed E-state index contributed by atoms with van der Waals surface area (Å²) in [5.41, 5.74) is 4.36. The number of piperidine rings is 1. The average Bonchev–Trinajstić information content (AvgIpc) is 3.31. The Morgan fingerprint density at radius 2 is 1.82 bits per heavy atom. The second-order valence-electron chi connectivity index (χ2n) is 8.92. The number of hydrogen-bond acceptors (Lipinski definition) is 6. The molecule has 1 fully saturated rings. The summed E-state index contributed by atoms with van der Waals surface area (Å²) in [5.74, 6) is -0.215. The van der Waals surface area contributed by atoms with Crippen LogP contribution in [0.5, 0.6) is 0 Å². The minimum atomic E-state index is -0.144. The highest BCUT2D eigenvalue weighted by Crippen LogP contribution is 2.28. The summed E-state index contributed by atoms with van der Waals surface area (Å²) in [5, 5.41) is 11.4. The quantitative estimate of drug-likeness (QED) is 0.627. The number of amides is 2. The largest absolute Gasteiger partial charge is 0.365 e. The van der Waals surface area contributed by atoms with Crippen LogP contribution in [-0.4, -0.2) is 49.8 Å². The number of fused-ring (bicyclic) bond motifs is 1. The third-order valence-corrected chi connectivity index (χ3v) is 6.62. The van der Waals surface area contributed by atoms with E-state index in [1.54, 1.807) is 22.0 Å². The standard InChI is InChI=1S/C25H28N6O3/c1-17-2-4-19(5-3-17)22-15-31-21(16-34-22)23(28-29-31)25(33)30-12-8-20(9-13-30)24(32)27-14-18-6-10-26-11-7-18/h2-7,10-11,20,22H,8-9,12-16H2,1H3,(H,27,32)/t22-/m1/s1. The van der Waals surface area contributed by atoms with Crippen molar-refractivity contribution in [3.05, 3.63) is 76.9 Å². The Balaban J connectivity index is 1.16. The molecule has 2 aliphatic heterocycles. The Morgan fingerprint density at radius 1 is 1.09 bits per heavy atom. The maximum atomic E-state index is 13.2. The number of likely N-dealkylation sites (tertiary alicyclic amines) is 1. The van der Waals surface area contributed by atoms with Gasteiger partial charge in [0.15, 0.2) is 5.69 Å². The molecule has 5 rings (SSSR count). The van der Waals surface area contributed by atoms with Gasteiger partial charge in [-0.3, -0.25) is 14.6 Å². The number of nitrogens with zero attached hydrogens (tertiary/aromatic N) is 5. The minimum absolute atomic E-state index is 0.0282. The molecule has 9 nitrogen and oxygen atoms in total. The fourth-order valence-electron chi connectivity index (χ4n) is 4.49. The molecular formula is C25H28N6O3. The van der Waals surface area contributed by atoms with Gasteiger partial charge in [0, 0.05) is 37.9 Å². The lowest BCUT2D eigenvalue weighted by atomic mass is 9.95. The first-order valence-corrected chi connectivity index (χ1v) is 11.6. The summed E-state index contributed by atoms with van der Waals surface area (Å²) in [6, 6.07) is 12.0. The van der Waals surface area contributed by atoms with Gasteiger partial charge in [-0.25, -0.2) is 4.68 Å². The van der Waals surface area contributed by atoms with Crippen LogP contribution >= 0.6 is 0 Å². The van der Waals surface area contributed by atoms with Crippen LogP contribution in [0, 0.1) is 12.8 Å². The summed E-state index contributed by atoms with van der Waals surface area (Å²) in [6.45, 7) is 4.39. The molecule has 0 radical (unpaired) electrons. The van der Waals surface area contributed by atoms with E-state index < -0.39 is 0 Å². The van der Waals surface area contributed by atoms with Gasteiger partial charge in [-0.15, -0.1) is 5.10 Å². The van der Waals surface area contributed by atoms with Gasteiger partial charge >= 0.3 is 0 Å². The molecule has 9 heteroatoms. The first kappa shape index (κ1) is 22.2. The zero-order valence-corrected chi connectivity index (χ0v) is 19.2. The van der Waals surface area contributed by atoms with E-state index in [1.165, 1.54) is 5.56 Å². The lowest BCUT2D eigenvalue weighted by Crippen LogP contribution is -2.43. The Hall–Kier alpha value is -3.59. The molecule has 0 aliphatic carbocycles. The molecule has 3 aromatic rings. The van der Waals surface area contributed by atoms with Gasteiger partial charge in [0.05, 0.1) is 18.8 Å². The number of carbonyl (C=O) groups is 2. The number of benzene rings is 1. The fourth-order valence-corrected chi connectivity index (χ4v) is 4.49. The van der Waals surface area contributed by atoms with Crippen molar-refractivity contribution in [2.24, 2.45) is 5.92 Å². The number of carbonyl (C=O) groups excluding carboxylic acids is 2. The van der Waals surface area contributed by atoms with E-state index >= 15 is 0 Å². The van der Waals surface area contributed by atoms with Crippen molar-refractivity contribution in [3.8, 4) is 0 Å². The third kappa shape index (κ3) is 4.70. The number of aryl methyl sites for hydroxylation is 1. The van der Waals surface area contributed by atoms with Gasteiger partial charge in [0.25, 0.3) is 5.91 Å². The molecule has 176 valence electrons. The van der Waals surface area contributed by atoms with Crippen LogP contribution < -0.4 is 5.32 Å². The average molecular weight is 461 g/mol. The maximum absolute atomic E-state index is 13.2. The van der Waals surface area contributed by atoms with E-state index in [9.17, 15) is 9.59 Å².